The van der Waals surface area contributed by atoms with Crippen LogP contribution in [0.2, 0.25) is 0 Å². The molecule has 0 aromatic heterocycles. The molecule has 0 saturated carbocycles. The van der Waals surface area contributed by atoms with Gasteiger partial charge in [-0.1, -0.05) is 19.1 Å². The zero-order valence-electron chi connectivity index (χ0n) is 12.9. The lowest BCUT2D eigenvalue weighted by Crippen LogP contribution is -2.25. The summed E-state index contributed by atoms with van der Waals surface area (Å²) in [7, 11) is -0.995. The van der Waals surface area contributed by atoms with Crippen molar-refractivity contribution >= 4 is 15.5 Å². The molecule has 114 valence electrons. The van der Waals surface area contributed by atoms with Crippen LogP contribution in [0.15, 0.2) is 24.3 Å². The van der Waals surface area contributed by atoms with E-state index in [0.29, 0.717) is 12.6 Å². The normalized spacial score (nSPS) is 13.2. The lowest BCUT2D eigenvalue weighted by Gasteiger charge is -2.20. The minimum Gasteiger partial charge on any atom is -0.374 e. The number of rotatable bonds is 8. The second kappa shape index (κ2) is 7.64. The highest BCUT2D eigenvalue weighted by Gasteiger charge is 2.08. The third-order valence-electron chi connectivity index (χ3n) is 3.33. The molecule has 0 heterocycles. The Balaban J connectivity index is 2.61. The van der Waals surface area contributed by atoms with Crippen LogP contribution < -0.4 is 10.2 Å². The van der Waals surface area contributed by atoms with Gasteiger partial charge in [-0.3, -0.25) is 0 Å². The third-order valence-corrected chi connectivity index (χ3v) is 4.26. The molecule has 1 aromatic carbocycles. The van der Waals surface area contributed by atoms with E-state index in [4.69, 9.17) is 0 Å². The summed E-state index contributed by atoms with van der Waals surface area (Å²) in [6.07, 6.45) is 2.39. The number of hydrogen-bond donors (Lipinski definition) is 1. The van der Waals surface area contributed by atoms with Crippen molar-refractivity contribution in [2.75, 3.05) is 37.0 Å². The molecule has 1 aromatic rings. The summed E-state index contributed by atoms with van der Waals surface area (Å²) >= 11 is 0. The molecule has 0 radical (unpaired) electrons. The monoisotopic (exact) mass is 298 g/mol. The van der Waals surface area contributed by atoms with Crippen LogP contribution in [0, 0.1) is 0 Å². The Hall–Kier alpha value is -1.07. The van der Waals surface area contributed by atoms with Crippen LogP contribution in [-0.4, -0.2) is 40.6 Å². The average Bonchev–Trinajstić information content (AvgIpc) is 2.41. The minimum absolute atomic E-state index is 0.180. The molecule has 0 aliphatic heterocycles. The standard InChI is InChI=1S/C15H26N2O2S/c1-5-10-16-13(2)14-6-8-15(9-7-14)17(3)11-12-20(4,18)19/h6-9,13,16H,5,10-12H2,1-4H3. The number of anilines is 1. The Morgan fingerprint density at radius 1 is 1.25 bits per heavy atom. The van der Waals surface area contributed by atoms with Gasteiger partial charge in [-0.05, 0) is 37.6 Å². The molecule has 1 rings (SSSR count). The predicted molar refractivity (Wildman–Crippen MR) is 86.1 cm³/mol. The first-order chi connectivity index (χ1) is 9.33. The molecule has 4 nitrogen and oxygen atoms in total. The quantitative estimate of drug-likeness (QED) is 0.799. The van der Waals surface area contributed by atoms with Crippen LogP contribution in [0.25, 0.3) is 0 Å². The molecule has 0 saturated heterocycles. The number of hydrogen-bond acceptors (Lipinski definition) is 4. The second-order valence-corrected chi connectivity index (χ2v) is 7.58. The fourth-order valence-electron chi connectivity index (χ4n) is 1.93. The summed E-state index contributed by atoms with van der Waals surface area (Å²) in [5.41, 5.74) is 2.29. The smallest absolute Gasteiger partial charge is 0.149 e. The summed E-state index contributed by atoms with van der Waals surface area (Å²) in [5, 5.41) is 3.45. The second-order valence-electron chi connectivity index (χ2n) is 5.32. The molecule has 5 heteroatoms. The van der Waals surface area contributed by atoms with E-state index in [2.05, 4.69) is 31.3 Å². The highest BCUT2D eigenvalue weighted by molar-refractivity contribution is 7.90. The van der Waals surface area contributed by atoms with E-state index in [1.54, 1.807) is 0 Å². The van der Waals surface area contributed by atoms with Gasteiger partial charge >= 0.3 is 0 Å². The van der Waals surface area contributed by atoms with Crippen molar-refractivity contribution in [3.63, 3.8) is 0 Å². The predicted octanol–water partition coefficient (Wildman–Crippen LogP) is 2.23. The van der Waals surface area contributed by atoms with Gasteiger partial charge in [0, 0.05) is 31.6 Å². The summed E-state index contributed by atoms with van der Waals surface area (Å²) < 4.78 is 22.4. The van der Waals surface area contributed by atoms with Gasteiger partial charge in [0.05, 0.1) is 5.75 Å². The first kappa shape index (κ1) is 17.0. The maximum atomic E-state index is 11.2. The SMILES string of the molecule is CCCNC(C)c1ccc(N(C)CCS(C)(=O)=O)cc1. The Morgan fingerprint density at radius 3 is 2.35 bits per heavy atom. The van der Waals surface area contributed by atoms with Gasteiger partial charge in [-0.2, -0.15) is 0 Å². The van der Waals surface area contributed by atoms with Crippen molar-refractivity contribution < 1.29 is 8.42 Å². The zero-order chi connectivity index (χ0) is 15.2. The average molecular weight is 298 g/mol. The molecular weight excluding hydrogens is 272 g/mol. The summed E-state index contributed by atoms with van der Waals surface area (Å²) in [6.45, 7) is 5.83. The number of nitrogens with zero attached hydrogens (tertiary/aromatic N) is 1. The summed E-state index contributed by atoms with van der Waals surface area (Å²) in [4.78, 5) is 1.97. The Labute approximate surface area is 123 Å². The van der Waals surface area contributed by atoms with Gasteiger partial charge in [0.1, 0.15) is 9.84 Å². The molecule has 0 spiro atoms. The first-order valence-electron chi connectivity index (χ1n) is 7.05. The molecule has 1 unspecified atom stereocenters. The number of nitrogens with one attached hydrogen (secondary N) is 1. The van der Waals surface area contributed by atoms with E-state index >= 15 is 0 Å². The van der Waals surface area contributed by atoms with Gasteiger partial charge in [-0.25, -0.2) is 8.42 Å². The zero-order valence-corrected chi connectivity index (χ0v) is 13.7. The third kappa shape index (κ3) is 5.92. The van der Waals surface area contributed by atoms with E-state index in [1.165, 1.54) is 11.8 Å². The van der Waals surface area contributed by atoms with E-state index in [0.717, 1.165) is 18.7 Å². The Kier molecular flexibility index (Phi) is 6.49. The molecule has 0 fully saturated rings. The van der Waals surface area contributed by atoms with Crippen molar-refractivity contribution in [1.82, 2.24) is 5.32 Å². The van der Waals surface area contributed by atoms with Crippen LogP contribution in [0.4, 0.5) is 5.69 Å². The van der Waals surface area contributed by atoms with Crippen molar-refractivity contribution in [2.45, 2.75) is 26.3 Å². The Morgan fingerprint density at radius 2 is 1.85 bits per heavy atom. The minimum atomic E-state index is -2.91. The summed E-state index contributed by atoms with van der Waals surface area (Å²) in [5.74, 6) is 0.180. The highest BCUT2D eigenvalue weighted by atomic mass is 32.2. The van der Waals surface area contributed by atoms with Gasteiger partial charge in [0.2, 0.25) is 0 Å². The van der Waals surface area contributed by atoms with Crippen LogP contribution in [-0.2, 0) is 9.84 Å². The lowest BCUT2D eigenvalue weighted by molar-refractivity contribution is 0.571. The van der Waals surface area contributed by atoms with E-state index in [1.807, 2.05) is 24.1 Å². The van der Waals surface area contributed by atoms with Gasteiger partial charge < -0.3 is 10.2 Å². The maximum Gasteiger partial charge on any atom is 0.149 e. The van der Waals surface area contributed by atoms with Crippen LogP contribution in [0.3, 0.4) is 0 Å². The van der Waals surface area contributed by atoms with Crippen molar-refractivity contribution in [3.8, 4) is 0 Å². The van der Waals surface area contributed by atoms with Gasteiger partial charge in [0.15, 0.2) is 0 Å². The maximum absolute atomic E-state index is 11.2. The largest absolute Gasteiger partial charge is 0.374 e. The fraction of sp³-hybridized carbons (Fsp3) is 0.600. The van der Waals surface area contributed by atoms with Crippen molar-refractivity contribution in [1.29, 1.82) is 0 Å². The molecular formula is C15H26N2O2S. The molecule has 1 atom stereocenters. The number of sulfone groups is 1. The van der Waals surface area contributed by atoms with E-state index in [9.17, 15) is 8.42 Å². The van der Waals surface area contributed by atoms with Crippen molar-refractivity contribution in [2.24, 2.45) is 0 Å². The van der Waals surface area contributed by atoms with Crippen LogP contribution >= 0.6 is 0 Å². The topological polar surface area (TPSA) is 49.4 Å². The molecule has 0 bridgehead atoms. The number of benzene rings is 1. The fourth-order valence-corrected chi connectivity index (χ4v) is 2.53. The van der Waals surface area contributed by atoms with Gasteiger partial charge in [-0.15, -0.1) is 0 Å². The van der Waals surface area contributed by atoms with Crippen LogP contribution in [0.5, 0.6) is 0 Å². The molecule has 1 N–H and O–H groups in total. The highest BCUT2D eigenvalue weighted by Crippen LogP contribution is 2.18. The van der Waals surface area contributed by atoms with Gasteiger partial charge in [0.25, 0.3) is 0 Å². The summed E-state index contributed by atoms with van der Waals surface area (Å²) in [6, 6.07) is 8.62. The Bertz CT molecular complexity index is 497. The molecule has 20 heavy (non-hydrogen) atoms. The molecule has 0 aliphatic carbocycles. The van der Waals surface area contributed by atoms with E-state index < -0.39 is 9.84 Å². The van der Waals surface area contributed by atoms with E-state index in [-0.39, 0.29) is 5.75 Å². The molecule has 0 aliphatic rings. The first-order valence-corrected chi connectivity index (χ1v) is 9.11. The van der Waals surface area contributed by atoms with Crippen LogP contribution in [0.1, 0.15) is 31.9 Å². The van der Waals surface area contributed by atoms with Crippen molar-refractivity contribution in [3.05, 3.63) is 29.8 Å². The molecule has 0 amide bonds. The lowest BCUT2D eigenvalue weighted by atomic mass is 10.1.